The number of anilines is 1. The molecule has 6 heteroatoms. The van der Waals surface area contributed by atoms with E-state index in [1.54, 1.807) is 19.9 Å². The summed E-state index contributed by atoms with van der Waals surface area (Å²) in [7, 11) is -3.64. The lowest BCUT2D eigenvalue weighted by atomic mass is 10.0. The zero-order chi connectivity index (χ0) is 20.1. The minimum atomic E-state index is -3.64. The van der Waals surface area contributed by atoms with Gasteiger partial charge in [-0.2, -0.15) is 0 Å². The van der Waals surface area contributed by atoms with Crippen LogP contribution in [0.25, 0.3) is 11.1 Å². The number of hydrogen-bond donors (Lipinski definition) is 2. The predicted octanol–water partition coefficient (Wildman–Crippen LogP) is 4.21. The van der Waals surface area contributed by atoms with Crippen molar-refractivity contribution in [2.75, 3.05) is 11.9 Å². The van der Waals surface area contributed by atoms with Gasteiger partial charge in [0.1, 0.15) is 0 Å². The van der Waals surface area contributed by atoms with E-state index in [1.165, 1.54) is 12.1 Å². The number of para-hydroxylation sites is 1. The quantitative estimate of drug-likeness (QED) is 0.657. The van der Waals surface area contributed by atoms with Crippen molar-refractivity contribution >= 4 is 21.6 Å². The first-order valence-electron chi connectivity index (χ1n) is 8.98. The lowest BCUT2D eigenvalue weighted by molar-refractivity contribution is 0.102. The van der Waals surface area contributed by atoms with Crippen LogP contribution in [0.2, 0.25) is 0 Å². The van der Waals surface area contributed by atoms with Crippen LogP contribution in [-0.2, 0) is 10.0 Å². The number of benzene rings is 3. The Morgan fingerprint density at radius 2 is 1.61 bits per heavy atom. The van der Waals surface area contributed by atoms with Crippen LogP contribution in [0.3, 0.4) is 0 Å². The molecule has 0 saturated heterocycles. The molecule has 0 unspecified atom stereocenters. The number of sulfonamides is 1. The molecule has 1 amide bonds. The summed E-state index contributed by atoms with van der Waals surface area (Å²) in [6.45, 7) is 3.77. The molecule has 144 valence electrons. The molecule has 0 radical (unpaired) electrons. The molecular formula is C22H22N2O3S. The first-order chi connectivity index (χ1) is 13.4. The van der Waals surface area contributed by atoms with Gasteiger partial charge in [0, 0.05) is 23.4 Å². The van der Waals surface area contributed by atoms with Crippen molar-refractivity contribution in [2.45, 2.75) is 18.7 Å². The largest absolute Gasteiger partial charge is 0.321 e. The van der Waals surface area contributed by atoms with E-state index in [2.05, 4.69) is 10.0 Å². The van der Waals surface area contributed by atoms with Crippen molar-refractivity contribution < 1.29 is 13.2 Å². The Labute approximate surface area is 165 Å². The van der Waals surface area contributed by atoms with Crippen LogP contribution < -0.4 is 10.0 Å². The molecule has 0 atom stereocenters. The van der Waals surface area contributed by atoms with Crippen molar-refractivity contribution in [2.24, 2.45) is 0 Å². The summed E-state index contributed by atoms with van der Waals surface area (Å²) >= 11 is 0. The molecule has 3 aromatic rings. The van der Waals surface area contributed by atoms with Gasteiger partial charge in [0.15, 0.2) is 0 Å². The highest BCUT2D eigenvalue weighted by molar-refractivity contribution is 7.89. The smallest absolute Gasteiger partial charge is 0.255 e. The van der Waals surface area contributed by atoms with Gasteiger partial charge in [0.2, 0.25) is 10.0 Å². The number of carbonyl (C=O) groups is 1. The van der Waals surface area contributed by atoms with Crippen LogP contribution in [0.15, 0.2) is 77.7 Å². The molecular weight excluding hydrogens is 372 g/mol. The molecule has 2 N–H and O–H groups in total. The molecule has 0 spiro atoms. The van der Waals surface area contributed by atoms with Crippen molar-refractivity contribution in [3.8, 4) is 11.1 Å². The van der Waals surface area contributed by atoms with E-state index in [1.807, 2.05) is 54.6 Å². The fraction of sp³-hybridized carbons (Fsp3) is 0.136. The molecule has 0 heterocycles. The lowest BCUT2D eigenvalue weighted by Gasteiger charge is -2.13. The van der Waals surface area contributed by atoms with Gasteiger partial charge in [-0.15, -0.1) is 0 Å². The third-order valence-corrected chi connectivity index (χ3v) is 5.90. The molecule has 0 aromatic heterocycles. The molecule has 0 fully saturated rings. The molecule has 0 aliphatic carbocycles. The first kappa shape index (κ1) is 19.8. The molecule has 0 aliphatic rings. The van der Waals surface area contributed by atoms with Crippen molar-refractivity contribution in [1.82, 2.24) is 4.72 Å². The summed E-state index contributed by atoms with van der Waals surface area (Å²) in [6.07, 6.45) is 0. The number of carbonyl (C=O) groups excluding carboxylic acids is 1. The SMILES string of the molecule is CCNS(=O)(=O)c1ccc(C)c(C(=O)Nc2ccccc2-c2ccccc2)c1. The Bertz CT molecular complexity index is 1090. The Balaban J connectivity index is 1.95. The van der Waals surface area contributed by atoms with Crippen molar-refractivity contribution in [1.29, 1.82) is 0 Å². The third kappa shape index (κ3) is 4.30. The standard InChI is InChI=1S/C22H22N2O3S/c1-3-23-28(26,27)18-14-13-16(2)20(15-18)22(25)24-21-12-8-7-11-19(21)17-9-5-4-6-10-17/h4-15,23H,3H2,1-2H3,(H,24,25). The highest BCUT2D eigenvalue weighted by atomic mass is 32.2. The van der Waals surface area contributed by atoms with Gasteiger partial charge in [-0.1, -0.05) is 61.5 Å². The summed E-state index contributed by atoms with van der Waals surface area (Å²) in [6, 6.07) is 21.8. The maximum Gasteiger partial charge on any atom is 0.255 e. The van der Waals surface area contributed by atoms with Crippen LogP contribution in [0, 0.1) is 6.92 Å². The van der Waals surface area contributed by atoms with E-state index in [-0.39, 0.29) is 17.3 Å². The molecule has 3 rings (SSSR count). The van der Waals surface area contributed by atoms with E-state index < -0.39 is 10.0 Å². The zero-order valence-corrected chi connectivity index (χ0v) is 16.6. The zero-order valence-electron chi connectivity index (χ0n) is 15.8. The van der Waals surface area contributed by atoms with Crippen LogP contribution in [-0.4, -0.2) is 20.9 Å². The lowest BCUT2D eigenvalue weighted by Crippen LogP contribution is -2.24. The van der Waals surface area contributed by atoms with Crippen LogP contribution >= 0.6 is 0 Å². The molecule has 28 heavy (non-hydrogen) atoms. The van der Waals surface area contributed by atoms with E-state index >= 15 is 0 Å². The highest BCUT2D eigenvalue weighted by Gasteiger charge is 2.18. The Morgan fingerprint density at radius 3 is 2.32 bits per heavy atom. The Hall–Kier alpha value is -2.96. The third-order valence-electron chi connectivity index (χ3n) is 4.36. The number of nitrogens with one attached hydrogen (secondary N) is 2. The molecule has 0 aliphatic heterocycles. The molecule has 3 aromatic carbocycles. The normalized spacial score (nSPS) is 11.2. The summed E-state index contributed by atoms with van der Waals surface area (Å²) in [5, 5.41) is 2.92. The number of rotatable bonds is 6. The fourth-order valence-electron chi connectivity index (χ4n) is 2.94. The molecule has 5 nitrogen and oxygen atoms in total. The van der Waals surface area contributed by atoms with Gasteiger partial charge >= 0.3 is 0 Å². The first-order valence-corrected chi connectivity index (χ1v) is 10.5. The van der Waals surface area contributed by atoms with Crippen molar-refractivity contribution in [3.63, 3.8) is 0 Å². The van der Waals surface area contributed by atoms with Gasteiger partial charge in [-0.25, -0.2) is 13.1 Å². The second-order valence-corrected chi connectivity index (χ2v) is 8.11. The average Bonchev–Trinajstić information content (AvgIpc) is 2.69. The van der Waals surface area contributed by atoms with Gasteiger partial charge in [0.25, 0.3) is 5.91 Å². The maximum absolute atomic E-state index is 12.9. The van der Waals surface area contributed by atoms with Gasteiger partial charge in [0.05, 0.1) is 4.90 Å². The van der Waals surface area contributed by atoms with E-state index in [9.17, 15) is 13.2 Å². The topological polar surface area (TPSA) is 75.3 Å². The summed E-state index contributed by atoms with van der Waals surface area (Å²) in [4.78, 5) is 13.0. The van der Waals surface area contributed by atoms with E-state index in [4.69, 9.17) is 0 Å². The monoisotopic (exact) mass is 394 g/mol. The van der Waals surface area contributed by atoms with E-state index in [0.717, 1.165) is 11.1 Å². The second-order valence-electron chi connectivity index (χ2n) is 6.34. The summed E-state index contributed by atoms with van der Waals surface area (Å²) in [5.41, 5.74) is 3.56. The van der Waals surface area contributed by atoms with Crippen LogP contribution in [0.5, 0.6) is 0 Å². The maximum atomic E-state index is 12.9. The Kier molecular flexibility index (Phi) is 5.92. The minimum Gasteiger partial charge on any atom is -0.321 e. The van der Waals surface area contributed by atoms with Gasteiger partial charge in [-0.05, 0) is 36.2 Å². The summed E-state index contributed by atoms with van der Waals surface area (Å²) in [5.74, 6) is -0.352. The molecule has 0 bridgehead atoms. The number of hydrogen-bond acceptors (Lipinski definition) is 3. The highest BCUT2D eigenvalue weighted by Crippen LogP contribution is 2.28. The van der Waals surface area contributed by atoms with Gasteiger partial charge < -0.3 is 5.32 Å². The predicted molar refractivity (Wildman–Crippen MR) is 112 cm³/mol. The average molecular weight is 394 g/mol. The minimum absolute atomic E-state index is 0.0708. The van der Waals surface area contributed by atoms with E-state index in [0.29, 0.717) is 16.8 Å². The van der Waals surface area contributed by atoms with Gasteiger partial charge in [-0.3, -0.25) is 4.79 Å². The fourth-order valence-corrected chi connectivity index (χ4v) is 4.00. The van der Waals surface area contributed by atoms with Crippen molar-refractivity contribution in [3.05, 3.63) is 83.9 Å². The Morgan fingerprint density at radius 1 is 0.929 bits per heavy atom. The number of amides is 1. The molecule has 0 saturated carbocycles. The second kappa shape index (κ2) is 8.37. The van der Waals surface area contributed by atoms with Crippen LogP contribution in [0.4, 0.5) is 5.69 Å². The van der Waals surface area contributed by atoms with Crippen LogP contribution in [0.1, 0.15) is 22.8 Å². The number of aryl methyl sites for hydroxylation is 1. The summed E-state index contributed by atoms with van der Waals surface area (Å²) < 4.78 is 27.0.